The summed E-state index contributed by atoms with van der Waals surface area (Å²) in [4.78, 5) is 15.9. The first-order valence-corrected chi connectivity index (χ1v) is 7.60. The maximum atomic E-state index is 13.0. The molecule has 0 saturated carbocycles. The van der Waals surface area contributed by atoms with Crippen LogP contribution in [0.3, 0.4) is 0 Å². The van der Waals surface area contributed by atoms with Crippen LogP contribution >= 0.6 is 0 Å². The van der Waals surface area contributed by atoms with Crippen LogP contribution in [0.15, 0.2) is 24.3 Å². The lowest BCUT2D eigenvalue weighted by Gasteiger charge is -2.28. The van der Waals surface area contributed by atoms with Crippen LogP contribution in [0, 0.1) is 5.82 Å². The Morgan fingerprint density at radius 1 is 1.45 bits per heavy atom. The lowest BCUT2D eigenvalue weighted by atomic mass is 10.1. The van der Waals surface area contributed by atoms with Crippen molar-refractivity contribution in [3.8, 4) is 0 Å². The molecule has 0 bridgehead atoms. The van der Waals surface area contributed by atoms with Gasteiger partial charge in [-0.25, -0.2) is 9.18 Å². The lowest BCUT2D eigenvalue weighted by Crippen LogP contribution is -2.46. The zero-order valence-corrected chi connectivity index (χ0v) is 13.1. The van der Waals surface area contributed by atoms with Gasteiger partial charge >= 0.3 is 6.03 Å². The van der Waals surface area contributed by atoms with Crippen molar-refractivity contribution in [3.63, 3.8) is 0 Å². The van der Waals surface area contributed by atoms with E-state index in [2.05, 4.69) is 5.32 Å². The van der Waals surface area contributed by atoms with E-state index in [0.29, 0.717) is 13.1 Å². The summed E-state index contributed by atoms with van der Waals surface area (Å²) in [6, 6.07) is 6.07. The van der Waals surface area contributed by atoms with Crippen LogP contribution in [0.25, 0.3) is 0 Å². The second-order valence-electron chi connectivity index (χ2n) is 5.89. The minimum atomic E-state index is -0.270. The molecule has 22 heavy (non-hydrogen) atoms. The smallest absolute Gasteiger partial charge is 0.317 e. The van der Waals surface area contributed by atoms with Gasteiger partial charge in [0, 0.05) is 13.1 Å². The van der Waals surface area contributed by atoms with E-state index in [1.165, 1.54) is 12.1 Å². The highest BCUT2D eigenvalue weighted by Gasteiger charge is 2.28. The van der Waals surface area contributed by atoms with Crippen LogP contribution in [0.4, 0.5) is 9.18 Å². The van der Waals surface area contributed by atoms with Crippen molar-refractivity contribution < 1.29 is 14.3 Å². The SMILES string of the molecule is CN(C)C(CNC(=O)N1CCC[C@H]1CO)c1ccc(F)cc1. The first-order valence-electron chi connectivity index (χ1n) is 7.60. The molecule has 1 aliphatic heterocycles. The third-order valence-electron chi connectivity index (χ3n) is 4.17. The van der Waals surface area contributed by atoms with Crippen molar-refractivity contribution >= 4 is 6.03 Å². The molecule has 1 heterocycles. The van der Waals surface area contributed by atoms with Gasteiger partial charge in [0.2, 0.25) is 0 Å². The molecule has 0 aliphatic carbocycles. The average molecular weight is 309 g/mol. The number of likely N-dealkylation sites (N-methyl/N-ethyl adjacent to an activating group) is 1. The molecule has 2 N–H and O–H groups in total. The molecule has 2 atom stereocenters. The van der Waals surface area contributed by atoms with Crippen LogP contribution in [-0.4, -0.2) is 60.8 Å². The van der Waals surface area contributed by atoms with Crippen LogP contribution < -0.4 is 5.32 Å². The quantitative estimate of drug-likeness (QED) is 0.868. The number of likely N-dealkylation sites (tertiary alicyclic amines) is 1. The molecule has 1 aromatic carbocycles. The van der Waals surface area contributed by atoms with E-state index >= 15 is 0 Å². The van der Waals surface area contributed by atoms with Crippen molar-refractivity contribution in [2.45, 2.75) is 24.9 Å². The van der Waals surface area contributed by atoms with Crippen molar-refractivity contribution in [1.82, 2.24) is 15.1 Å². The molecule has 6 heteroatoms. The summed E-state index contributed by atoms with van der Waals surface area (Å²) >= 11 is 0. The summed E-state index contributed by atoms with van der Waals surface area (Å²) in [5.74, 6) is -0.270. The maximum Gasteiger partial charge on any atom is 0.317 e. The number of benzene rings is 1. The van der Waals surface area contributed by atoms with Crippen LogP contribution in [0.1, 0.15) is 24.4 Å². The number of halogens is 1. The Balaban J connectivity index is 1.97. The molecule has 2 rings (SSSR count). The van der Waals surface area contributed by atoms with Gasteiger partial charge in [-0.2, -0.15) is 0 Å². The first-order chi connectivity index (χ1) is 10.5. The Morgan fingerprint density at radius 3 is 2.73 bits per heavy atom. The van der Waals surface area contributed by atoms with E-state index in [4.69, 9.17) is 0 Å². The van der Waals surface area contributed by atoms with Gasteiger partial charge in [-0.15, -0.1) is 0 Å². The zero-order valence-electron chi connectivity index (χ0n) is 13.1. The number of carbonyl (C=O) groups excluding carboxylic acids is 1. The Labute approximate surface area is 130 Å². The summed E-state index contributed by atoms with van der Waals surface area (Å²) in [7, 11) is 3.85. The van der Waals surface area contributed by atoms with Crippen molar-refractivity contribution in [1.29, 1.82) is 0 Å². The van der Waals surface area contributed by atoms with Gasteiger partial charge in [0.15, 0.2) is 0 Å². The van der Waals surface area contributed by atoms with E-state index in [1.54, 1.807) is 17.0 Å². The number of carbonyl (C=O) groups is 1. The number of hydrogen-bond donors (Lipinski definition) is 2. The molecule has 0 radical (unpaired) electrons. The molecule has 0 aromatic heterocycles. The summed E-state index contributed by atoms with van der Waals surface area (Å²) < 4.78 is 13.0. The third kappa shape index (κ3) is 3.96. The highest BCUT2D eigenvalue weighted by atomic mass is 19.1. The molecule has 5 nitrogen and oxygen atoms in total. The molecule has 1 aliphatic rings. The second-order valence-corrected chi connectivity index (χ2v) is 5.89. The zero-order chi connectivity index (χ0) is 16.1. The Bertz CT molecular complexity index is 493. The number of aliphatic hydroxyl groups excluding tert-OH is 1. The van der Waals surface area contributed by atoms with Gasteiger partial charge in [-0.05, 0) is 44.6 Å². The van der Waals surface area contributed by atoms with E-state index in [9.17, 15) is 14.3 Å². The number of nitrogens with one attached hydrogen (secondary N) is 1. The highest BCUT2D eigenvalue weighted by molar-refractivity contribution is 5.74. The standard InChI is InChI=1S/C16H24FN3O2/c1-19(2)15(12-5-7-13(17)8-6-12)10-18-16(22)20-9-3-4-14(20)11-21/h5-8,14-15,21H,3-4,9-11H2,1-2H3,(H,18,22)/t14-,15?/m0/s1. The molecule has 1 fully saturated rings. The predicted octanol–water partition coefficient (Wildman–Crippen LogP) is 1.59. The van der Waals surface area contributed by atoms with Gasteiger partial charge in [0.1, 0.15) is 5.82 Å². The van der Waals surface area contributed by atoms with Gasteiger partial charge in [0.05, 0.1) is 18.7 Å². The van der Waals surface area contributed by atoms with E-state index in [-0.39, 0.29) is 30.5 Å². The van der Waals surface area contributed by atoms with E-state index in [0.717, 1.165) is 18.4 Å². The predicted molar refractivity (Wildman–Crippen MR) is 83.0 cm³/mol. The van der Waals surface area contributed by atoms with E-state index < -0.39 is 0 Å². The number of rotatable bonds is 5. The van der Waals surface area contributed by atoms with Crippen molar-refractivity contribution in [2.75, 3.05) is 33.8 Å². The normalized spacial score (nSPS) is 19.5. The third-order valence-corrected chi connectivity index (χ3v) is 4.17. The number of urea groups is 1. The number of hydrogen-bond acceptors (Lipinski definition) is 3. The topological polar surface area (TPSA) is 55.8 Å². The Hall–Kier alpha value is -1.66. The second kappa shape index (κ2) is 7.56. The Morgan fingerprint density at radius 2 is 2.14 bits per heavy atom. The molecule has 2 amide bonds. The number of amides is 2. The lowest BCUT2D eigenvalue weighted by molar-refractivity contribution is 0.154. The fourth-order valence-corrected chi connectivity index (χ4v) is 2.86. The summed E-state index contributed by atoms with van der Waals surface area (Å²) in [5.41, 5.74) is 0.951. The van der Waals surface area contributed by atoms with Crippen LogP contribution in [0.5, 0.6) is 0 Å². The minimum Gasteiger partial charge on any atom is -0.394 e. The molecule has 122 valence electrons. The van der Waals surface area contributed by atoms with Gasteiger partial charge < -0.3 is 20.2 Å². The maximum absolute atomic E-state index is 13.0. The van der Waals surface area contributed by atoms with Crippen LogP contribution in [-0.2, 0) is 0 Å². The average Bonchev–Trinajstić information content (AvgIpc) is 2.97. The fourth-order valence-electron chi connectivity index (χ4n) is 2.86. The molecule has 1 aromatic rings. The summed E-state index contributed by atoms with van der Waals surface area (Å²) in [6.07, 6.45) is 1.77. The highest BCUT2D eigenvalue weighted by Crippen LogP contribution is 2.19. The van der Waals surface area contributed by atoms with Crippen molar-refractivity contribution in [3.05, 3.63) is 35.6 Å². The largest absolute Gasteiger partial charge is 0.394 e. The molecular formula is C16H24FN3O2. The Kier molecular flexibility index (Phi) is 5.74. The first kappa shape index (κ1) is 16.7. The number of aliphatic hydroxyl groups is 1. The minimum absolute atomic E-state index is 0.00247. The summed E-state index contributed by atoms with van der Waals surface area (Å²) in [6.45, 7) is 1.12. The van der Waals surface area contributed by atoms with Gasteiger partial charge in [0.25, 0.3) is 0 Å². The van der Waals surface area contributed by atoms with Crippen LogP contribution in [0.2, 0.25) is 0 Å². The van der Waals surface area contributed by atoms with Gasteiger partial charge in [-0.1, -0.05) is 12.1 Å². The van der Waals surface area contributed by atoms with Crippen molar-refractivity contribution in [2.24, 2.45) is 0 Å². The molecule has 1 unspecified atom stereocenters. The molecule has 1 saturated heterocycles. The molecule has 0 spiro atoms. The molecular weight excluding hydrogens is 285 g/mol. The fraction of sp³-hybridized carbons (Fsp3) is 0.562. The number of nitrogens with zero attached hydrogens (tertiary/aromatic N) is 2. The van der Waals surface area contributed by atoms with E-state index in [1.807, 2.05) is 19.0 Å². The van der Waals surface area contributed by atoms with Gasteiger partial charge in [-0.3, -0.25) is 0 Å². The summed E-state index contributed by atoms with van der Waals surface area (Å²) in [5, 5.41) is 12.2. The monoisotopic (exact) mass is 309 g/mol.